The van der Waals surface area contributed by atoms with Crippen molar-refractivity contribution in [3.63, 3.8) is 0 Å². The number of hydrogen-bond donors (Lipinski definition) is 1. The lowest BCUT2D eigenvalue weighted by molar-refractivity contribution is -0.133. The highest BCUT2D eigenvalue weighted by Gasteiger charge is 2.33. The fraction of sp³-hybridized carbons (Fsp3) is 0.353. The Balaban J connectivity index is 2.61. The molecule has 1 N–H and O–H groups in total. The number of amides is 2. The van der Waals surface area contributed by atoms with Gasteiger partial charge in [0.2, 0.25) is 5.91 Å². The minimum absolute atomic E-state index is 0.0319. The Labute approximate surface area is 159 Å². The fourth-order valence-corrected chi connectivity index (χ4v) is 3.12. The van der Waals surface area contributed by atoms with Gasteiger partial charge >= 0.3 is 5.97 Å². The molecule has 0 atom stereocenters. The van der Waals surface area contributed by atoms with Crippen LogP contribution in [0.3, 0.4) is 0 Å². The number of anilines is 1. The van der Waals surface area contributed by atoms with E-state index in [2.05, 4.69) is 0 Å². The van der Waals surface area contributed by atoms with Gasteiger partial charge in [0.25, 0.3) is 5.91 Å². The van der Waals surface area contributed by atoms with Crippen LogP contribution in [0.1, 0.15) is 25.7 Å². The minimum atomic E-state index is -1.24. The molecule has 140 valence electrons. The van der Waals surface area contributed by atoms with Crippen LogP contribution in [-0.4, -0.2) is 35.9 Å². The molecule has 0 unspecified atom stereocenters. The molecule has 0 aliphatic heterocycles. The molecule has 1 aromatic carbocycles. The normalized spacial score (nSPS) is 14.2. The zero-order valence-electron chi connectivity index (χ0n) is 13.9. The summed E-state index contributed by atoms with van der Waals surface area (Å²) in [7, 11) is 1.30. The molecule has 1 aromatic rings. The highest BCUT2D eigenvalue weighted by molar-refractivity contribution is 6.35. The Bertz CT molecular complexity index is 794. The van der Waals surface area contributed by atoms with Crippen molar-refractivity contribution in [2.75, 3.05) is 17.9 Å². The SMILES string of the molecule is COc1cc(N(C(=O)CCl)C(=O)C2=C(C(=O)O)CCCC2)c(F)cc1Cl. The van der Waals surface area contributed by atoms with Crippen molar-refractivity contribution in [3.05, 3.63) is 34.1 Å². The van der Waals surface area contributed by atoms with Gasteiger partial charge in [-0.3, -0.25) is 9.59 Å². The summed E-state index contributed by atoms with van der Waals surface area (Å²) < 4.78 is 19.4. The second-order valence-corrected chi connectivity index (χ2v) is 6.25. The molecule has 1 aliphatic rings. The third-order valence-electron chi connectivity index (χ3n) is 4.01. The Kier molecular flexibility index (Phi) is 6.61. The topological polar surface area (TPSA) is 83.9 Å². The zero-order chi connectivity index (χ0) is 19.4. The number of methoxy groups -OCH3 is 1. The molecule has 2 amide bonds. The van der Waals surface area contributed by atoms with Gasteiger partial charge in [-0.2, -0.15) is 0 Å². The van der Waals surface area contributed by atoms with Gasteiger partial charge < -0.3 is 9.84 Å². The van der Waals surface area contributed by atoms with E-state index in [1.165, 1.54) is 7.11 Å². The number of carboxylic acid groups (broad SMARTS) is 1. The number of carbonyl (C=O) groups excluding carboxylic acids is 2. The van der Waals surface area contributed by atoms with E-state index < -0.39 is 35.2 Å². The van der Waals surface area contributed by atoms with Crippen molar-refractivity contribution in [2.24, 2.45) is 0 Å². The number of hydrogen-bond acceptors (Lipinski definition) is 4. The predicted octanol–water partition coefficient (Wildman–Crippen LogP) is 3.54. The van der Waals surface area contributed by atoms with Crippen molar-refractivity contribution in [3.8, 4) is 5.75 Å². The van der Waals surface area contributed by atoms with E-state index >= 15 is 0 Å². The summed E-state index contributed by atoms with van der Waals surface area (Å²) in [6.07, 6.45) is 1.59. The first-order chi connectivity index (χ1) is 12.3. The molecular weight excluding hydrogens is 388 g/mol. The van der Waals surface area contributed by atoms with Gasteiger partial charge in [0.1, 0.15) is 17.4 Å². The molecule has 0 bridgehead atoms. The number of halogens is 3. The lowest BCUT2D eigenvalue weighted by Gasteiger charge is -2.25. The molecule has 0 radical (unpaired) electrons. The van der Waals surface area contributed by atoms with Crippen molar-refractivity contribution >= 4 is 46.7 Å². The minimum Gasteiger partial charge on any atom is -0.495 e. The maximum absolute atomic E-state index is 14.4. The molecule has 9 heteroatoms. The van der Waals surface area contributed by atoms with Crippen LogP contribution >= 0.6 is 23.2 Å². The first-order valence-corrected chi connectivity index (χ1v) is 8.64. The Hall–Kier alpha value is -2.12. The lowest BCUT2D eigenvalue weighted by atomic mass is 9.90. The van der Waals surface area contributed by atoms with Crippen LogP contribution in [0.5, 0.6) is 5.75 Å². The van der Waals surface area contributed by atoms with E-state index in [9.17, 15) is 23.9 Å². The van der Waals surface area contributed by atoms with E-state index in [0.29, 0.717) is 17.7 Å². The van der Waals surface area contributed by atoms with E-state index in [0.717, 1.165) is 12.1 Å². The number of imide groups is 1. The van der Waals surface area contributed by atoms with Gasteiger partial charge in [0.05, 0.1) is 17.8 Å². The van der Waals surface area contributed by atoms with Gasteiger partial charge in [-0.1, -0.05) is 11.6 Å². The van der Waals surface area contributed by atoms with Crippen LogP contribution in [0.4, 0.5) is 10.1 Å². The number of ether oxygens (including phenoxy) is 1. The molecule has 0 saturated heterocycles. The summed E-state index contributed by atoms with van der Waals surface area (Å²) in [5, 5.41) is 9.29. The summed E-state index contributed by atoms with van der Waals surface area (Å²) in [6, 6.07) is 2.01. The number of benzene rings is 1. The molecule has 6 nitrogen and oxygen atoms in total. The van der Waals surface area contributed by atoms with Crippen molar-refractivity contribution in [1.29, 1.82) is 0 Å². The summed E-state index contributed by atoms with van der Waals surface area (Å²) in [5.74, 6) is -4.50. The van der Waals surface area contributed by atoms with Crippen LogP contribution in [0.2, 0.25) is 5.02 Å². The zero-order valence-corrected chi connectivity index (χ0v) is 15.4. The third-order valence-corrected chi connectivity index (χ3v) is 4.54. The first-order valence-electron chi connectivity index (χ1n) is 7.73. The van der Waals surface area contributed by atoms with Crippen LogP contribution in [0, 0.1) is 5.82 Å². The fourth-order valence-electron chi connectivity index (χ4n) is 2.78. The average Bonchev–Trinajstić information content (AvgIpc) is 2.63. The van der Waals surface area contributed by atoms with Gasteiger partial charge in [-0.25, -0.2) is 14.1 Å². The molecule has 0 aromatic heterocycles. The van der Waals surface area contributed by atoms with Gasteiger partial charge in [0.15, 0.2) is 0 Å². The summed E-state index contributed by atoms with van der Waals surface area (Å²) >= 11 is 11.4. The number of alkyl halides is 1. The van der Waals surface area contributed by atoms with E-state index in [4.69, 9.17) is 27.9 Å². The summed E-state index contributed by atoms with van der Waals surface area (Å²) in [5.41, 5.74) is -0.504. The number of aliphatic carboxylic acids is 1. The molecule has 2 rings (SSSR count). The molecule has 1 aliphatic carbocycles. The second-order valence-electron chi connectivity index (χ2n) is 5.58. The first kappa shape index (κ1) is 20.2. The highest BCUT2D eigenvalue weighted by atomic mass is 35.5. The largest absolute Gasteiger partial charge is 0.495 e. The molecule has 0 spiro atoms. The summed E-state index contributed by atoms with van der Waals surface area (Å²) in [6.45, 7) is 0. The molecule has 26 heavy (non-hydrogen) atoms. The number of carbonyl (C=O) groups is 3. The van der Waals surface area contributed by atoms with Crippen molar-refractivity contribution in [1.82, 2.24) is 0 Å². The number of carboxylic acids is 1. The quantitative estimate of drug-likeness (QED) is 0.759. The van der Waals surface area contributed by atoms with Crippen LogP contribution in [-0.2, 0) is 14.4 Å². The molecule has 0 heterocycles. The van der Waals surface area contributed by atoms with Crippen LogP contribution in [0.15, 0.2) is 23.3 Å². The average molecular weight is 404 g/mol. The van der Waals surface area contributed by atoms with Gasteiger partial charge in [-0.15, -0.1) is 11.6 Å². The monoisotopic (exact) mass is 403 g/mol. The highest BCUT2D eigenvalue weighted by Crippen LogP contribution is 2.35. The molecule has 0 saturated carbocycles. The van der Waals surface area contributed by atoms with Gasteiger partial charge in [0, 0.05) is 17.2 Å². The van der Waals surface area contributed by atoms with E-state index in [1.807, 2.05) is 0 Å². The van der Waals surface area contributed by atoms with Crippen LogP contribution in [0.25, 0.3) is 0 Å². The Morgan fingerprint density at radius 1 is 1.23 bits per heavy atom. The van der Waals surface area contributed by atoms with E-state index in [1.54, 1.807) is 0 Å². The number of rotatable bonds is 5. The second kappa shape index (κ2) is 8.51. The third kappa shape index (κ3) is 3.99. The lowest BCUT2D eigenvalue weighted by Crippen LogP contribution is -2.40. The smallest absolute Gasteiger partial charge is 0.332 e. The Morgan fingerprint density at radius 3 is 2.38 bits per heavy atom. The van der Waals surface area contributed by atoms with Crippen molar-refractivity contribution in [2.45, 2.75) is 25.7 Å². The number of nitrogens with zero attached hydrogens (tertiary/aromatic N) is 1. The maximum atomic E-state index is 14.4. The van der Waals surface area contributed by atoms with Gasteiger partial charge in [-0.05, 0) is 31.7 Å². The molecular formula is C17H16Cl2FNO5. The van der Waals surface area contributed by atoms with E-state index in [-0.39, 0.29) is 34.8 Å². The standard InChI is InChI=1S/C17H16Cl2FNO5/c1-26-14-7-13(12(20)6-11(14)19)21(15(22)8-18)16(23)9-4-2-3-5-10(9)17(24)25/h6-7H,2-5,8H2,1H3,(H,24,25). The summed E-state index contributed by atoms with van der Waals surface area (Å²) in [4.78, 5) is 37.2. The van der Waals surface area contributed by atoms with Crippen molar-refractivity contribution < 1.29 is 28.6 Å². The van der Waals surface area contributed by atoms with Crippen LogP contribution < -0.4 is 9.64 Å². The Morgan fingerprint density at radius 2 is 1.85 bits per heavy atom. The predicted molar refractivity (Wildman–Crippen MR) is 94.3 cm³/mol. The molecule has 0 fully saturated rings. The maximum Gasteiger partial charge on any atom is 0.332 e.